The Balaban J connectivity index is 2.20. The fourth-order valence-electron chi connectivity index (χ4n) is 2.89. The minimum Gasteiger partial charge on any atom is -0.361 e. The number of benzene rings is 1. The minimum atomic E-state index is -0.219. The van der Waals surface area contributed by atoms with Crippen LogP contribution in [0.3, 0.4) is 0 Å². The maximum absolute atomic E-state index is 12.4. The number of aromatic amines is 3. The monoisotopic (exact) mass is 318 g/mol. The average molecular weight is 318 g/mol. The molecule has 3 N–H and O–H groups in total. The van der Waals surface area contributed by atoms with Crippen molar-refractivity contribution in [1.82, 2.24) is 19.9 Å². The fourth-order valence-corrected chi connectivity index (χ4v) is 2.89. The lowest BCUT2D eigenvalue weighted by Crippen LogP contribution is -2.22. The summed E-state index contributed by atoms with van der Waals surface area (Å²) in [5.41, 5.74) is 3.88. The van der Waals surface area contributed by atoms with E-state index in [1.54, 1.807) is 18.3 Å². The highest BCUT2D eigenvalue weighted by Crippen LogP contribution is 2.17. The van der Waals surface area contributed by atoms with Crippen LogP contribution >= 0.6 is 0 Å². The van der Waals surface area contributed by atoms with E-state index in [9.17, 15) is 9.59 Å². The van der Waals surface area contributed by atoms with Crippen molar-refractivity contribution in [1.29, 1.82) is 0 Å². The van der Waals surface area contributed by atoms with Crippen molar-refractivity contribution in [2.45, 2.75) is 6.92 Å². The van der Waals surface area contributed by atoms with E-state index in [1.165, 1.54) is 0 Å². The molecule has 118 valence electrons. The van der Waals surface area contributed by atoms with Crippen molar-refractivity contribution >= 4 is 40.9 Å². The van der Waals surface area contributed by atoms with E-state index in [0.717, 1.165) is 28.4 Å². The van der Waals surface area contributed by atoms with E-state index in [1.807, 2.05) is 19.1 Å². The highest BCUT2D eigenvalue weighted by Gasteiger charge is 2.10. The van der Waals surface area contributed by atoms with Crippen molar-refractivity contribution in [3.05, 3.63) is 62.3 Å². The van der Waals surface area contributed by atoms with Gasteiger partial charge in [-0.3, -0.25) is 9.59 Å². The molecule has 0 unspecified atom stereocenters. The Morgan fingerprint density at radius 3 is 2.83 bits per heavy atom. The number of hydrogen-bond acceptors (Lipinski definition) is 3. The SMILES string of the molecule is C=c1[nH]c2c(ccc3[nH]c(=O)c(=Cc4[nH]ccc4C=O)c32)nc1C. The molecule has 0 amide bonds. The Kier molecular flexibility index (Phi) is 2.99. The van der Waals surface area contributed by atoms with E-state index in [4.69, 9.17) is 0 Å². The smallest absolute Gasteiger partial charge is 0.256 e. The average Bonchev–Trinajstić information content (AvgIpc) is 3.14. The molecule has 6 nitrogen and oxygen atoms in total. The number of aryl methyl sites for hydroxylation is 1. The van der Waals surface area contributed by atoms with Gasteiger partial charge in [-0.05, 0) is 31.2 Å². The molecule has 0 aliphatic carbocycles. The van der Waals surface area contributed by atoms with Crippen molar-refractivity contribution in [2.24, 2.45) is 0 Å². The molecule has 0 spiro atoms. The van der Waals surface area contributed by atoms with Crippen LogP contribution in [0.15, 0.2) is 29.2 Å². The summed E-state index contributed by atoms with van der Waals surface area (Å²) in [5.74, 6) is 0. The molecule has 0 saturated carbocycles. The number of aldehydes is 1. The van der Waals surface area contributed by atoms with Crippen LogP contribution in [0.2, 0.25) is 0 Å². The second-order valence-corrected chi connectivity index (χ2v) is 5.66. The van der Waals surface area contributed by atoms with Crippen LogP contribution in [0.25, 0.3) is 34.6 Å². The first-order chi connectivity index (χ1) is 11.6. The van der Waals surface area contributed by atoms with Gasteiger partial charge >= 0.3 is 0 Å². The molecule has 0 saturated heterocycles. The number of carbonyl (C=O) groups is 1. The third-order valence-corrected chi connectivity index (χ3v) is 4.17. The van der Waals surface area contributed by atoms with Gasteiger partial charge in [0.25, 0.3) is 5.56 Å². The number of fused-ring (bicyclic) bond motifs is 3. The highest BCUT2D eigenvalue weighted by molar-refractivity contribution is 6.03. The number of H-pyrrole nitrogens is 3. The first-order valence-corrected chi connectivity index (χ1v) is 7.43. The van der Waals surface area contributed by atoms with E-state index < -0.39 is 0 Å². The summed E-state index contributed by atoms with van der Waals surface area (Å²) >= 11 is 0. The first-order valence-electron chi connectivity index (χ1n) is 7.43. The second kappa shape index (κ2) is 5.06. The summed E-state index contributed by atoms with van der Waals surface area (Å²) in [6.45, 7) is 5.82. The predicted octanol–water partition coefficient (Wildman–Crippen LogP) is 1.09. The minimum absolute atomic E-state index is 0.219. The molecule has 0 radical (unpaired) electrons. The summed E-state index contributed by atoms with van der Waals surface area (Å²) < 4.78 is 0. The maximum atomic E-state index is 12.4. The van der Waals surface area contributed by atoms with Gasteiger partial charge < -0.3 is 15.0 Å². The first kappa shape index (κ1) is 14.2. The van der Waals surface area contributed by atoms with Crippen molar-refractivity contribution < 1.29 is 4.79 Å². The predicted molar refractivity (Wildman–Crippen MR) is 93.5 cm³/mol. The summed E-state index contributed by atoms with van der Waals surface area (Å²) in [6.07, 6.45) is 4.10. The molecule has 4 aromatic rings. The molecule has 3 aromatic heterocycles. The number of aromatic nitrogens is 4. The van der Waals surface area contributed by atoms with Gasteiger partial charge in [-0.25, -0.2) is 4.98 Å². The van der Waals surface area contributed by atoms with E-state index >= 15 is 0 Å². The molecular weight excluding hydrogens is 304 g/mol. The van der Waals surface area contributed by atoms with Gasteiger partial charge in [0.1, 0.15) is 0 Å². The Morgan fingerprint density at radius 2 is 2.04 bits per heavy atom. The van der Waals surface area contributed by atoms with Crippen molar-refractivity contribution in [3.63, 3.8) is 0 Å². The molecule has 0 aliphatic rings. The number of hydrogen-bond donors (Lipinski definition) is 3. The maximum Gasteiger partial charge on any atom is 0.256 e. The lowest BCUT2D eigenvalue weighted by atomic mass is 10.1. The molecule has 0 bridgehead atoms. The summed E-state index contributed by atoms with van der Waals surface area (Å²) in [6, 6.07) is 5.35. The Labute approximate surface area is 135 Å². The van der Waals surface area contributed by atoms with Crippen molar-refractivity contribution in [3.8, 4) is 0 Å². The molecule has 6 heteroatoms. The zero-order valence-electron chi connectivity index (χ0n) is 12.9. The number of carbonyl (C=O) groups excluding carboxylic acids is 1. The van der Waals surface area contributed by atoms with Gasteiger partial charge in [-0.1, -0.05) is 6.58 Å². The Morgan fingerprint density at radius 1 is 1.21 bits per heavy atom. The lowest BCUT2D eigenvalue weighted by molar-refractivity contribution is 0.112. The zero-order chi connectivity index (χ0) is 16.8. The quantitative estimate of drug-likeness (QED) is 0.483. The molecule has 1 aromatic carbocycles. The Bertz CT molecular complexity index is 1270. The molecule has 24 heavy (non-hydrogen) atoms. The Hall–Kier alpha value is -3.41. The van der Waals surface area contributed by atoms with Crippen LogP contribution in [0, 0.1) is 6.92 Å². The molecule has 0 fully saturated rings. The van der Waals surface area contributed by atoms with Gasteiger partial charge in [0.05, 0.1) is 32.8 Å². The van der Waals surface area contributed by atoms with Gasteiger partial charge in [-0.15, -0.1) is 0 Å². The van der Waals surface area contributed by atoms with Gasteiger partial charge in [0, 0.05) is 22.8 Å². The van der Waals surface area contributed by atoms with Crippen LogP contribution < -0.4 is 16.1 Å². The van der Waals surface area contributed by atoms with Crippen LogP contribution in [-0.2, 0) is 0 Å². The molecule has 0 atom stereocenters. The lowest BCUT2D eigenvalue weighted by Gasteiger charge is -2.02. The number of nitrogens with zero attached hydrogens (tertiary/aromatic N) is 1. The van der Waals surface area contributed by atoms with E-state index in [0.29, 0.717) is 27.3 Å². The molecule has 4 rings (SSSR count). The zero-order valence-corrected chi connectivity index (χ0v) is 12.9. The van der Waals surface area contributed by atoms with Crippen molar-refractivity contribution in [2.75, 3.05) is 0 Å². The third-order valence-electron chi connectivity index (χ3n) is 4.17. The fraction of sp³-hybridized carbons (Fsp3) is 0.0556. The van der Waals surface area contributed by atoms with Crippen LogP contribution in [0.5, 0.6) is 0 Å². The number of nitrogens with one attached hydrogen (secondary N) is 3. The van der Waals surface area contributed by atoms with Gasteiger partial charge in [0.15, 0.2) is 6.29 Å². The largest absolute Gasteiger partial charge is 0.361 e. The topological polar surface area (TPSA) is 94.4 Å². The van der Waals surface area contributed by atoms with E-state index in [2.05, 4.69) is 26.5 Å². The third kappa shape index (κ3) is 2.00. The second-order valence-electron chi connectivity index (χ2n) is 5.66. The summed E-state index contributed by atoms with van der Waals surface area (Å²) in [4.78, 5) is 37.1. The van der Waals surface area contributed by atoms with Crippen LogP contribution in [0.4, 0.5) is 0 Å². The molecular formula is C18H14N4O2. The summed E-state index contributed by atoms with van der Waals surface area (Å²) in [5, 5.41) is 1.91. The normalized spacial score (nSPS) is 12.3. The van der Waals surface area contributed by atoms with Crippen LogP contribution in [-0.4, -0.2) is 26.2 Å². The number of rotatable bonds is 2. The summed E-state index contributed by atoms with van der Waals surface area (Å²) in [7, 11) is 0. The van der Waals surface area contributed by atoms with Gasteiger partial charge in [-0.2, -0.15) is 0 Å². The standard InChI is InChI=1S/C18H14N4O2/c1-9-10(2)21-17-14(20-9)4-3-13-16(17)12(18(24)22-13)7-15-11(8-23)5-6-19-15/h3-8,19,21H,2H2,1H3,(H,22,24). The highest BCUT2D eigenvalue weighted by atomic mass is 16.1. The van der Waals surface area contributed by atoms with E-state index in [-0.39, 0.29) is 5.56 Å². The van der Waals surface area contributed by atoms with Crippen LogP contribution in [0.1, 0.15) is 21.7 Å². The molecule has 0 aliphatic heterocycles. The molecule has 3 heterocycles. The van der Waals surface area contributed by atoms with Gasteiger partial charge in [0.2, 0.25) is 0 Å².